The Kier molecular flexibility index (Phi) is 5.40. The van der Waals surface area contributed by atoms with E-state index in [1.165, 1.54) is 5.56 Å². The predicted molar refractivity (Wildman–Crippen MR) is 90.5 cm³/mol. The quantitative estimate of drug-likeness (QED) is 0.783. The van der Waals surface area contributed by atoms with Crippen molar-refractivity contribution in [3.63, 3.8) is 0 Å². The highest BCUT2D eigenvalue weighted by atomic mass is 35.5. The summed E-state index contributed by atoms with van der Waals surface area (Å²) in [6, 6.07) is 15.8. The van der Waals surface area contributed by atoms with E-state index < -0.39 is 5.97 Å². The molecule has 0 saturated heterocycles. The molecule has 114 valence electrons. The van der Waals surface area contributed by atoms with Crippen molar-refractivity contribution in [2.75, 3.05) is 0 Å². The van der Waals surface area contributed by atoms with Crippen LogP contribution in [0, 0.1) is 0 Å². The molecule has 22 heavy (non-hydrogen) atoms. The molecule has 0 saturated carbocycles. The molecule has 0 spiro atoms. The predicted octanol–water partition coefficient (Wildman–Crippen LogP) is 5.07. The molecule has 0 bridgehead atoms. The molecular formula is C19H19ClO2. The lowest BCUT2D eigenvalue weighted by atomic mass is 9.89. The number of rotatable bonds is 5. The number of hydrogen-bond donors (Lipinski definition) is 1. The smallest absolute Gasteiger partial charge is 0.330 e. The van der Waals surface area contributed by atoms with Crippen molar-refractivity contribution in [2.45, 2.75) is 26.2 Å². The maximum absolute atomic E-state index is 11.2. The van der Waals surface area contributed by atoms with Gasteiger partial charge in [-0.25, -0.2) is 4.79 Å². The number of carboxylic acid groups (broad SMARTS) is 1. The molecule has 0 radical (unpaired) electrons. The molecule has 1 unspecified atom stereocenters. The van der Waals surface area contributed by atoms with Crippen molar-refractivity contribution in [3.8, 4) is 0 Å². The number of carbonyl (C=O) groups is 1. The first-order valence-electron chi connectivity index (χ1n) is 7.27. The van der Waals surface area contributed by atoms with Crippen LogP contribution in [0.15, 0.2) is 60.2 Å². The van der Waals surface area contributed by atoms with E-state index in [1.54, 1.807) is 13.0 Å². The first kappa shape index (κ1) is 16.3. The Morgan fingerprint density at radius 2 is 1.59 bits per heavy atom. The van der Waals surface area contributed by atoms with Gasteiger partial charge in [-0.15, -0.1) is 0 Å². The van der Waals surface area contributed by atoms with E-state index in [-0.39, 0.29) is 5.92 Å². The van der Waals surface area contributed by atoms with E-state index in [0.29, 0.717) is 10.6 Å². The first-order valence-corrected chi connectivity index (χ1v) is 7.65. The summed E-state index contributed by atoms with van der Waals surface area (Å²) in [5, 5.41) is 9.83. The topological polar surface area (TPSA) is 37.3 Å². The average Bonchev–Trinajstić information content (AvgIpc) is 2.53. The van der Waals surface area contributed by atoms with Gasteiger partial charge in [0.2, 0.25) is 0 Å². The molecule has 0 heterocycles. The molecule has 3 heteroatoms. The van der Waals surface area contributed by atoms with Crippen LogP contribution >= 0.6 is 11.6 Å². The monoisotopic (exact) mass is 314 g/mol. The Morgan fingerprint density at radius 3 is 2.05 bits per heavy atom. The molecule has 2 rings (SSSR count). The Balaban J connectivity index is 2.46. The SMILES string of the molecule is CCc1ccc(C(/C=C(\C)C(=O)O)c2ccc(Cl)cc2)cc1. The molecule has 2 aromatic carbocycles. The second kappa shape index (κ2) is 7.28. The van der Waals surface area contributed by atoms with Crippen LogP contribution in [-0.4, -0.2) is 11.1 Å². The third-order valence-electron chi connectivity index (χ3n) is 3.73. The lowest BCUT2D eigenvalue weighted by Gasteiger charge is -2.15. The molecule has 0 amide bonds. The normalized spacial score (nSPS) is 13.0. The van der Waals surface area contributed by atoms with Crippen molar-refractivity contribution in [3.05, 3.63) is 81.9 Å². The molecule has 0 aliphatic rings. The summed E-state index contributed by atoms with van der Waals surface area (Å²) in [7, 11) is 0. The molecule has 0 aromatic heterocycles. The minimum atomic E-state index is -0.899. The molecule has 0 fully saturated rings. The van der Waals surface area contributed by atoms with E-state index in [2.05, 4.69) is 31.2 Å². The summed E-state index contributed by atoms with van der Waals surface area (Å²) in [4.78, 5) is 11.2. The van der Waals surface area contributed by atoms with Gasteiger partial charge in [-0.3, -0.25) is 0 Å². The van der Waals surface area contributed by atoms with Crippen molar-refractivity contribution >= 4 is 17.6 Å². The van der Waals surface area contributed by atoms with Crippen LogP contribution in [0.25, 0.3) is 0 Å². The lowest BCUT2D eigenvalue weighted by Crippen LogP contribution is -2.03. The van der Waals surface area contributed by atoms with Crippen molar-refractivity contribution < 1.29 is 9.90 Å². The van der Waals surface area contributed by atoms with Gasteiger partial charge in [0.05, 0.1) is 0 Å². The number of benzene rings is 2. The minimum absolute atomic E-state index is 0.0979. The van der Waals surface area contributed by atoms with Crippen LogP contribution in [0.3, 0.4) is 0 Å². The highest BCUT2D eigenvalue weighted by molar-refractivity contribution is 6.30. The van der Waals surface area contributed by atoms with Gasteiger partial charge in [0.15, 0.2) is 0 Å². The third-order valence-corrected chi connectivity index (χ3v) is 3.98. The molecule has 1 atom stereocenters. The van der Waals surface area contributed by atoms with E-state index in [0.717, 1.165) is 17.5 Å². The van der Waals surface area contributed by atoms with E-state index >= 15 is 0 Å². The average molecular weight is 315 g/mol. The molecule has 0 aliphatic heterocycles. The fraction of sp³-hybridized carbons (Fsp3) is 0.211. The van der Waals surface area contributed by atoms with Crippen LogP contribution < -0.4 is 0 Å². The molecule has 2 aromatic rings. The van der Waals surface area contributed by atoms with Gasteiger partial charge in [0, 0.05) is 16.5 Å². The third kappa shape index (κ3) is 3.99. The maximum Gasteiger partial charge on any atom is 0.330 e. The summed E-state index contributed by atoms with van der Waals surface area (Å²) in [5.74, 6) is -0.997. The summed E-state index contributed by atoms with van der Waals surface area (Å²) >= 11 is 5.95. The number of halogens is 1. The van der Waals surface area contributed by atoms with E-state index in [4.69, 9.17) is 16.7 Å². The molecule has 0 aliphatic carbocycles. The van der Waals surface area contributed by atoms with Crippen LogP contribution in [-0.2, 0) is 11.2 Å². The molecular weight excluding hydrogens is 296 g/mol. The Bertz CT molecular complexity index is 670. The minimum Gasteiger partial charge on any atom is -0.478 e. The van der Waals surface area contributed by atoms with Crippen LogP contribution in [0.1, 0.15) is 36.5 Å². The largest absolute Gasteiger partial charge is 0.478 e. The van der Waals surface area contributed by atoms with Gasteiger partial charge in [-0.2, -0.15) is 0 Å². The summed E-state index contributed by atoms with van der Waals surface area (Å²) in [6.07, 6.45) is 2.77. The Labute approximate surface area is 136 Å². The number of hydrogen-bond acceptors (Lipinski definition) is 1. The second-order valence-corrected chi connectivity index (χ2v) is 5.72. The van der Waals surface area contributed by atoms with Crippen LogP contribution in [0.4, 0.5) is 0 Å². The Hall–Kier alpha value is -2.06. The summed E-state index contributed by atoms with van der Waals surface area (Å²) in [5.41, 5.74) is 3.69. The number of allylic oxidation sites excluding steroid dienone is 1. The van der Waals surface area contributed by atoms with Gasteiger partial charge < -0.3 is 5.11 Å². The van der Waals surface area contributed by atoms with Gasteiger partial charge in [0.1, 0.15) is 0 Å². The van der Waals surface area contributed by atoms with Crippen LogP contribution in [0.2, 0.25) is 5.02 Å². The van der Waals surface area contributed by atoms with Crippen molar-refractivity contribution in [1.82, 2.24) is 0 Å². The van der Waals surface area contributed by atoms with Gasteiger partial charge in [-0.1, -0.05) is 61.0 Å². The number of aryl methyl sites for hydroxylation is 1. The maximum atomic E-state index is 11.2. The van der Waals surface area contributed by atoms with E-state index in [1.807, 2.05) is 24.3 Å². The first-order chi connectivity index (χ1) is 10.5. The zero-order chi connectivity index (χ0) is 16.1. The molecule has 1 N–H and O–H groups in total. The zero-order valence-corrected chi connectivity index (χ0v) is 13.5. The van der Waals surface area contributed by atoms with Crippen LogP contribution in [0.5, 0.6) is 0 Å². The number of aliphatic carboxylic acids is 1. The highest BCUT2D eigenvalue weighted by Crippen LogP contribution is 2.28. The summed E-state index contributed by atoms with van der Waals surface area (Å²) < 4.78 is 0. The second-order valence-electron chi connectivity index (χ2n) is 5.28. The fourth-order valence-electron chi connectivity index (χ4n) is 2.34. The highest BCUT2D eigenvalue weighted by Gasteiger charge is 2.14. The molecule has 2 nitrogen and oxygen atoms in total. The summed E-state index contributed by atoms with van der Waals surface area (Å²) in [6.45, 7) is 3.73. The lowest BCUT2D eigenvalue weighted by molar-refractivity contribution is -0.132. The van der Waals surface area contributed by atoms with Crippen molar-refractivity contribution in [2.24, 2.45) is 0 Å². The zero-order valence-electron chi connectivity index (χ0n) is 12.7. The van der Waals surface area contributed by atoms with Gasteiger partial charge >= 0.3 is 5.97 Å². The number of carboxylic acids is 1. The standard InChI is InChI=1S/C19H19ClO2/c1-3-14-4-6-15(7-5-14)18(12-13(2)19(21)22)16-8-10-17(20)11-9-16/h4-12,18H,3H2,1-2H3,(H,21,22)/b13-12+. The fourth-order valence-corrected chi connectivity index (χ4v) is 2.46. The van der Waals surface area contributed by atoms with E-state index in [9.17, 15) is 4.79 Å². The van der Waals surface area contributed by atoms with Gasteiger partial charge in [0.25, 0.3) is 0 Å². The Morgan fingerprint density at radius 1 is 1.09 bits per heavy atom. The van der Waals surface area contributed by atoms with Gasteiger partial charge in [-0.05, 0) is 42.2 Å². The van der Waals surface area contributed by atoms with Crippen molar-refractivity contribution in [1.29, 1.82) is 0 Å².